The van der Waals surface area contributed by atoms with Crippen LogP contribution in [0.3, 0.4) is 0 Å². The Hall–Kier alpha value is -1.29. The summed E-state index contributed by atoms with van der Waals surface area (Å²) in [5.41, 5.74) is 1.38. The Kier molecular flexibility index (Phi) is 4.86. The van der Waals surface area contributed by atoms with E-state index in [-0.39, 0.29) is 6.61 Å². The summed E-state index contributed by atoms with van der Waals surface area (Å²) in [5.74, 6) is 0.0922. The minimum absolute atomic E-state index is 0.187. The third kappa shape index (κ3) is 3.63. The number of hydrogen-bond acceptors (Lipinski definition) is 2. The van der Waals surface area contributed by atoms with Crippen molar-refractivity contribution < 1.29 is 14.2 Å². The number of benzene rings is 2. The number of aliphatic hydroxyl groups is 1. The lowest BCUT2D eigenvalue weighted by molar-refractivity contribution is 0.199. The molecule has 0 saturated heterocycles. The van der Waals surface area contributed by atoms with E-state index in [1.807, 2.05) is 0 Å². The van der Waals surface area contributed by atoms with Crippen LogP contribution in [0.5, 0.6) is 5.75 Å². The largest absolute Gasteiger partial charge is 0.487 e. The summed E-state index contributed by atoms with van der Waals surface area (Å²) >= 11 is 12.0. The maximum absolute atomic E-state index is 12.9. The van der Waals surface area contributed by atoms with E-state index in [2.05, 4.69) is 0 Å². The third-order valence-corrected chi connectivity index (χ3v) is 3.48. The molecule has 0 aliphatic heterocycles. The maximum Gasteiger partial charge on any atom is 0.138 e. The second-order valence-corrected chi connectivity index (χ2v) is 5.20. The minimum Gasteiger partial charge on any atom is -0.487 e. The molecule has 0 amide bonds. The van der Waals surface area contributed by atoms with Gasteiger partial charge in [0.15, 0.2) is 0 Å². The number of rotatable bonds is 4. The monoisotopic (exact) mass is 314 g/mol. The van der Waals surface area contributed by atoms with Crippen molar-refractivity contribution in [1.29, 1.82) is 0 Å². The van der Waals surface area contributed by atoms with Crippen LogP contribution in [0, 0.1) is 5.82 Å². The van der Waals surface area contributed by atoms with Gasteiger partial charge in [0.25, 0.3) is 0 Å². The molecule has 2 nitrogen and oxygen atoms in total. The Morgan fingerprint density at radius 3 is 2.50 bits per heavy atom. The highest BCUT2D eigenvalue weighted by molar-refractivity contribution is 6.32. The van der Waals surface area contributed by atoms with Crippen molar-refractivity contribution >= 4 is 23.2 Å². The molecule has 2 aromatic carbocycles. The predicted octanol–water partition coefficient (Wildman–Crippen LogP) is 4.76. The van der Waals surface area contributed by atoms with Crippen LogP contribution in [-0.2, 0) is 6.61 Å². The first-order valence-corrected chi connectivity index (χ1v) is 6.77. The van der Waals surface area contributed by atoms with Crippen LogP contribution >= 0.6 is 23.2 Å². The first-order chi connectivity index (χ1) is 9.47. The van der Waals surface area contributed by atoms with Gasteiger partial charge in [-0.25, -0.2) is 4.39 Å². The normalized spacial score (nSPS) is 12.2. The zero-order valence-electron chi connectivity index (χ0n) is 10.7. The van der Waals surface area contributed by atoms with Gasteiger partial charge in [-0.15, -0.1) is 0 Å². The van der Waals surface area contributed by atoms with Crippen LogP contribution in [0.4, 0.5) is 4.39 Å². The standard InChI is InChI=1S/C15H13Cl2FO2/c1-9(19)10-3-5-15(14(17)6-10)20-8-11-2-4-12(18)7-13(11)16/h2-7,9,19H,8H2,1H3/t9-/m0/s1. The van der Waals surface area contributed by atoms with Gasteiger partial charge < -0.3 is 9.84 Å². The average Bonchev–Trinajstić information content (AvgIpc) is 2.38. The molecule has 0 saturated carbocycles. The van der Waals surface area contributed by atoms with Crippen molar-refractivity contribution in [3.8, 4) is 5.75 Å². The van der Waals surface area contributed by atoms with Crippen molar-refractivity contribution in [2.24, 2.45) is 0 Å². The molecule has 0 bridgehead atoms. The van der Waals surface area contributed by atoms with E-state index in [1.165, 1.54) is 12.1 Å². The molecule has 2 aromatic rings. The SMILES string of the molecule is C[C@H](O)c1ccc(OCc2ccc(F)cc2Cl)c(Cl)c1. The molecule has 2 rings (SSSR count). The molecule has 0 radical (unpaired) electrons. The fourth-order valence-corrected chi connectivity index (χ4v) is 2.15. The van der Waals surface area contributed by atoms with E-state index in [9.17, 15) is 9.50 Å². The molecule has 0 fully saturated rings. The fourth-order valence-electron chi connectivity index (χ4n) is 1.69. The molecule has 0 unspecified atom stereocenters. The molecule has 0 aromatic heterocycles. The molecule has 0 spiro atoms. The van der Waals surface area contributed by atoms with Gasteiger partial charge in [0.05, 0.1) is 16.1 Å². The van der Waals surface area contributed by atoms with E-state index >= 15 is 0 Å². The Morgan fingerprint density at radius 2 is 1.90 bits per heavy atom. The van der Waals surface area contributed by atoms with Gasteiger partial charge in [0.2, 0.25) is 0 Å². The molecule has 1 N–H and O–H groups in total. The van der Waals surface area contributed by atoms with E-state index in [4.69, 9.17) is 27.9 Å². The molecule has 0 heterocycles. The Balaban J connectivity index is 2.11. The zero-order valence-corrected chi connectivity index (χ0v) is 12.2. The second kappa shape index (κ2) is 6.44. The zero-order chi connectivity index (χ0) is 14.7. The van der Waals surface area contributed by atoms with Gasteiger partial charge in [-0.2, -0.15) is 0 Å². The molecule has 106 valence electrons. The quantitative estimate of drug-likeness (QED) is 0.881. The van der Waals surface area contributed by atoms with Gasteiger partial charge in [-0.05, 0) is 36.8 Å². The van der Waals surface area contributed by atoms with Crippen LogP contribution in [0.1, 0.15) is 24.2 Å². The first kappa shape index (κ1) is 15.1. The second-order valence-electron chi connectivity index (χ2n) is 4.39. The van der Waals surface area contributed by atoms with Crippen LogP contribution in [0.15, 0.2) is 36.4 Å². The summed E-state index contributed by atoms with van der Waals surface area (Å²) in [4.78, 5) is 0. The van der Waals surface area contributed by atoms with E-state index in [0.717, 1.165) is 0 Å². The van der Waals surface area contributed by atoms with Crippen LogP contribution in [0.25, 0.3) is 0 Å². The van der Waals surface area contributed by atoms with Gasteiger partial charge >= 0.3 is 0 Å². The molecule has 0 aliphatic rings. The van der Waals surface area contributed by atoms with Crippen LogP contribution in [-0.4, -0.2) is 5.11 Å². The van der Waals surface area contributed by atoms with Gasteiger partial charge in [-0.1, -0.05) is 35.3 Å². The summed E-state index contributed by atoms with van der Waals surface area (Å²) in [7, 11) is 0. The number of aliphatic hydroxyl groups excluding tert-OH is 1. The number of hydrogen-bond donors (Lipinski definition) is 1. The third-order valence-electron chi connectivity index (χ3n) is 2.84. The number of halogens is 3. The Bertz CT molecular complexity index is 615. The molecule has 20 heavy (non-hydrogen) atoms. The highest BCUT2D eigenvalue weighted by atomic mass is 35.5. The lowest BCUT2D eigenvalue weighted by atomic mass is 10.1. The van der Waals surface area contributed by atoms with Crippen molar-refractivity contribution in [2.75, 3.05) is 0 Å². The lowest BCUT2D eigenvalue weighted by Gasteiger charge is -2.11. The summed E-state index contributed by atoms with van der Waals surface area (Å²) in [5, 5.41) is 10.2. The summed E-state index contributed by atoms with van der Waals surface area (Å²) in [6.07, 6.45) is -0.590. The van der Waals surface area contributed by atoms with Crippen molar-refractivity contribution in [3.05, 3.63) is 63.4 Å². The molecule has 5 heteroatoms. The maximum atomic E-state index is 12.9. The molecular formula is C15H13Cl2FO2. The van der Waals surface area contributed by atoms with Crippen molar-refractivity contribution in [2.45, 2.75) is 19.6 Å². The van der Waals surface area contributed by atoms with Crippen molar-refractivity contribution in [1.82, 2.24) is 0 Å². The summed E-state index contributed by atoms with van der Waals surface area (Å²) in [6.45, 7) is 1.84. The molecule has 1 atom stereocenters. The molecular weight excluding hydrogens is 302 g/mol. The summed E-state index contributed by atoms with van der Waals surface area (Å²) in [6, 6.07) is 9.19. The van der Waals surface area contributed by atoms with Crippen LogP contribution < -0.4 is 4.74 Å². The van der Waals surface area contributed by atoms with Crippen molar-refractivity contribution in [3.63, 3.8) is 0 Å². The van der Waals surface area contributed by atoms with Gasteiger partial charge in [0.1, 0.15) is 18.2 Å². The van der Waals surface area contributed by atoms with E-state index in [0.29, 0.717) is 26.9 Å². The average molecular weight is 315 g/mol. The van der Waals surface area contributed by atoms with Gasteiger partial charge in [-0.3, -0.25) is 0 Å². The highest BCUT2D eigenvalue weighted by Crippen LogP contribution is 2.29. The Labute approximate surface area is 126 Å². The van der Waals surface area contributed by atoms with E-state index in [1.54, 1.807) is 31.2 Å². The topological polar surface area (TPSA) is 29.5 Å². The van der Waals surface area contributed by atoms with Crippen LogP contribution in [0.2, 0.25) is 10.0 Å². The minimum atomic E-state index is -0.590. The lowest BCUT2D eigenvalue weighted by Crippen LogP contribution is -1.98. The smallest absolute Gasteiger partial charge is 0.138 e. The van der Waals surface area contributed by atoms with Gasteiger partial charge in [0, 0.05) is 5.56 Å². The molecule has 0 aliphatic carbocycles. The first-order valence-electron chi connectivity index (χ1n) is 6.01. The summed E-state index contributed by atoms with van der Waals surface area (Å²) < 4.78 is 18.5. The highest BCUT2D eigenvalue weighted by Gasteiger charge is 2.08. The fraction of sp³-hybridized carbons (Fsp3) is 0.200. The van der Waals surface area contributed by atoms with E-state index < -0.39 is 11.9 Å². The number of ether oxygens (including phenoxy) is 1. The Morgan fingerprint density at radius 1 is 1.15 bits per heavy atom. The predicted molar refractivity (Wildman–Crippen MR) is 77.8 cm³/mol.